The summed E-state index contributed by atoms with van der Waals surface area (Å²) in [5.41, 5.74) is 5.19. The number of hydrogen-bond donors (Lipinski definition) is 1. The van der Waals surface area contributed by atoms with E-state index in [1.807, 2.05) is 63.2 Å². The van der Waals surface area contributed by atoms with Gasteiger partial charge in [0.25, 0.3) is 5.91 Å². The average molecular weight is 320 g/mol. The van der Waals surface area contributed by atoms with Crippen LogP contribution in [-0.2, 0) is 0 Å². The number of carbonyl (C=O) groups excluding carboxylic acids is 1. The molecule has 4 nitrogen and oxygen atoms in total. The summed E-state index contributed by atoms with van der Waals surface area (Å²) in [5, 5.41) is 2.95. The number of benzene rings is 2. The van der Waals surface area contributed by atoms with Crippen molar-refractivity contribution in [2.75, 3.05) is 5.32 Å². The molecule has 0 fully saturated rings. The lowest BCUT2D eigenvalue weighted by Gasteiger charge is -2.10. The number of carbonyl (C=O) groups is 1. The molecule has 3 aromatic rings. The van der Waals surface area contributed by atoms with E-state index >= 15 is 0 Å². The molecule has 0 atom stereocenters. The van der Waals surface area contributed by atoms with Crippen molar-refractivity contribution in [3.63, 3.8) is 0 Å². The van der Waals surface area contributed by atoms with E-state index in [9.17, 15) is 4.79 Å². The van der Waals surface area contributed by atoms with Crippen LogP contribution in [0.25, 0.3) is 11.5 Å². The van der Waals surface area contributed by atoms with Gasteiger partial charge in [-0.2, -0.15) is 0 Å². The fraction of sp³-hybridized carbons (Fsp3) is 0.200. The van der Waals surface area contributed by atoms with Crippen molar-refractivity contribution in [3.05, 3.63) is 70.6 Å². The van der Waals surface area contributed by atoms with Crippen LogP contribution in [-0.4, -0.2) is 10.9 Å². The van der Waals surface area contributed by atoms with Crippen LogP contribution in [0.3, 0.4) is 0 Å². The lowest BCUT2D eigenvalue weighted by atomic mass is 10.1. The zero-order chi connectivity index (χ0) is 17.3. The summed E-state index contributed by atoms with van der Waals surface area (Å²) in [5.74, 6) is 0.709. The first kappa shape index (κ1) is 16.0. The number of hydrogen-bond acceptors (Lipinski definition) is 3. The van der Waals surface area contributed by atoms with Gasteiger partial charge in [0.15, 0.2) is 5.69 Å². The topological polar surface area (TPSA) is 55.1 Å². The normalized spacial score (nSPS) is 10.7. The van der Waals surface area contributed by atoms with Gasteiger partial charge in [-0.15, -0.1) is 0 Å². The van der Waals surface area contributed by atoms with Gasteiger partial charge >= 0.3 is 0 Å². The fourth-order valence-electron chi connectivity index (χ4n) is 2.61. The largest absolute Gasteiger partial charge is 0.441 e. The summed E-state index contributed by atoms with van der Waals surface area (Å²) < 4.78 is 5.69. The summed E-state index contributed by atoms with van der Waals surface area (Å²) in [6.45, 7) is 7.71. The summed E-state index contributed by atoms with van der Waals surface area (Å²) in [6.07, 6.45) is 0. The van der Waals surface area contributed by atoms with Gasteiger partial charge in [-0.25, -0.2) is 4.98 Å². The number of para-hydroxylation sites is 1. The van der Waals surface area contributed by atoms with Crippen molar-refractivity contribution in [1.82, 2.24) is 4.98 Å². The van der Waals surface area contributed by atoms with Gasteiger partial charge in [0, 0.05) is 11.3 Å². The molecule has 1 aromatic heterocycles. The van der Waals surface area contributed by atoms with Crippen molar-refractivity contribution in [3.8, 4) is 11.5 Å². The highest BCUT2D eigenvalue weighted by molar-refractivity contribution is 6.04. The Labute approximate surface area is 141 Å². The monoisotopic (exact) mass is 320 g/mol. The second-order valence-electron chi connectivity index (χ2n) is 6.01. The maximum atomic E-state index is 12.6. The van der Waals surface area contributed by atoms with Crippen LogP contribution in [0.4, 0.5) is 5.69 Å². The minimum Gasteiger partial charge on any atom is -0.441 e. The number of nitrogens with one attached hydrogen (secondary N) is 1. The molecule has 0 bridgehead atoms. The highest BCUT2D eigenvalue weighted by Crippen LogP contribution is 2.24. The first-order valence-electron chi connectivity index (χ1n) is 7.87. The molecule has 3 rings (SSSR count). The Kier molecular flexibility index (Phi) is 4.21. The van der Waals surface area contributed by atoms with Crippen LogP contribution in [0.5, 0.6) is 0 Å². The molecule has 0 saturated heterocycles. The number of nitrogens with zero attached hydrogens (tertiary/aromatic N) is 1. The van der Waals surface area contributed by atoms with Crippen LogP contribution in [0, 0.1) is 27.7 Å². The van der Waals surface area contributed by atoms with Crippen molar-refractivity contribution in [2.45, 2.75) is 27.7 Å². The first-order valence-corrected chi connectivity index (χ1v) is 7.87. The van der Waals surface area contributed by atoms with E-state index in [-0.39, 0.29) is 5.91 Å². The number of oxazole rings is 1. The van der Waals surface area contributed by atoms with E-state index in [0.29, 0.717) is 17.3 Å². The Morgan fingerprint density at radius 2 is 1.58 bits per heavy atom. The molecule has 1 N–H and O–H groups in total. The number of rotatable bonds is 3. The molecule has 0 aliphatic heterocycles. The standard InChI is InChI=1S/C20H20N2O2/c1-12-8-10-16(11-9-12)20-22-18(15(4)24-20)19(23)21-17-13(2)6-5-7-14(17)3/h5-11H,1-4H3,(H,21,23). The quantitative estimate of drug-likeness (QED) is 0.752. The molecule has 0 unspecified atom stereocenters. The zero-order valence-corrected chi connectivity index (χ0v) is 14.3. The Morgan fingerprint density at radius 3 is 2.21 bits per heavy atom. The third-order valence-electron chi connectivity index (χ3n) is 4.03. The molecule has 0 spiro atoms. The predicted molar refractivity (Wildman–Crippen MR) is 95.3 cm³/mol. The molecule has 0 saturated carbocycles. The summed E-state index contributed by atoms with van der Waals surface area (Å²) >= 11 is 0. The highest BCUT2D eigenvalue weighted by atomic mass is 16.4. The number of anilines is 1. The molecular weight excluding hydrogens is 300 g/mol. The van der Waals surface area contributed by atoms with E-state index in [1.165, 1.54) is 0 Å². The van der Waals surface area contributed by atoms with Crippen LogP contribution in [0.1, 0.15) is 32.9 Å². The van der Waals surface area contributed by atoms with E-state index in [1.54, 1.807) is 6.92 Å². The Bertz CT molecular complexity index is 872. The highest BCUT2D eigenvalue weighted by Gasteiger charge is 2.19. The van der Waals surface area contributed by atoms with Crippen molar-refractivity contribution < 1.29 is 9.21 Å². The van der Waals surface area contributed by atoms with Crippen LogP contribution in [0.2, 0.25) is 0 Å². The summed E-state index contributed by atoms with van der Waals surface area (Å²) in [4.78, 5) is 17.0. The molecule has 4 heteroatoms. The summed E-state index contributed by atoms with van der Waals surface area (Å²) in [7, 11) is 0. The lowest BCUT2D eigenvalue weighted by Crippen LogP contribution is -2.15. The molecule has 1 heterocycles. The van der Waals surface area contributed by atoms with E-state index in [4.69, 9.17) is 4.42 Å². The van der Waals surface area contributed by atoms with Crippen molar-refractivity contribution in [2.24, 2.45) is 0 Å². The molecule has 24 heavy (non-hydrogen) atoms. The smallest absolute Gasteiger partial charge is 0.277 e. The van der Waals surface area contributed by atoms with Gasteiger partial charge in [0.2, 0.25) is 5.89 Å². The predicted octanol–water partition coefficient (Wildman–Crippen LogP) is 4.83. The second-order valence-corrected chi connectivity index (χ2v) is 6.01. The van der Waals surface area contributed by atoms with Crippen molar-refractivity contribution in [1.29, 1.82) is 0 Å². The van der Waals surface area contributed by atoms with Gasteiger partial charge in [0.05, 0.1) is 0 Å². The first-order chi connectivity index (χ1) is 11.5. The van der Waals surface area contributed by atoms with Crippen molar-refractivity contribution >= 4 is 11.6 Å². The number of aryl methyl sites for hydroxylation is 4. The Balaban J connectivity index is 1.90. The van der Waals surface area contributed by atoms with E-state index in [2.05, 4.69) is 10.3 Å². The SMILES string of the molecule is Cc1ccc(-c2nc(C(=O)Nc3c(C)cccc3C)c(C)o2)cc1. The van der Waals surface area contributed by atoms with Gasteiger partial charge in [-0.1, -0.05) is 35.9 Å². The minimum atomic E-state index is -0.257. The molecule has 0 aliphatic carbocycles. The van der Waals surface area contributed by atoms with E-state index < -0.39 is 0 Å². The van der Waals surface area contributed by atoms with Crippen LogP contribution < -0.4 is 5.32 Å². The maximum Gasteiger partial charge on any atom is 0.277 e. The third-order valence-corrected chi connectivity index (χ3v) is 4.03. The van der Waals surface area contributed by atoms with Crippen LogP contribution >= 0.6 is 0 Å². The van der Waals surface area contributed by atoms with E-state index in [0.717, 1.165) is 27.9 Å². The minimum absolute atomic E-state index is 0.257. The molecule has 1 amide bonds. The molecular formula is C20H20N2O2. The molecule has 122 valence electrons. The summed E-state index contributed by atoms with van der Waals surface area (Å²) in [6, 6.07) is 13.8. The number of amides is 1. The molecule has 2 aromatic carbocycles. The molecule has 0 aliphatic rings. The maximum absolute atomic E-state index is 12.6. The molecule has 0 radical (unpaired) electrons. The number of aromatic nitrogens is 1. The second kappa shape index (κ2) is 6.32. The fourth-order valence-corrected chi connectivity index (χ4v) is 2.61. The van der Waals surface area contributed by atoms with Crippen LogP contribution in [0.15, 0.2) is 46.9 Å². The van der Waals surface area contributed by atoms with Gasteiger partial charge in [0.1, 0.15) is 5.76 Å². The third kappa shape index (κ3) is 3.08. The van der Waals surface area contributed by atoms with Gasteiger partial charge < -0.3 is 9.73 Å². The Morgan fingerprint density at radius 1 is 0.958 bits per heavy atom. The average Bonchev–Trinajstić information content (AvgIpc) is 2.93. The lowest BCUT2D eigenvalue weighted by molar-refractivity contribution is 0.102. The Hall–Kier alpha value is -2.88. The van der Waals surface area contributed by atoms with Gasteiger partial charge in [-0.3, -0.25) is 4.79 Å². The zero-order valence-electron chi connectivity index (χ0n) is 14.3. The van der Waals surface area contributed by atoms with Gasteiger partial charge in [-0.05, 0) is 51.0 Å².